The molecule has 0 aromatic heterocycles. The summed E-state index contributed by atoms with van der Waals surface area (Å²) >= 11 is 10.5. The van der Waals surface area contributed by atoms with Crippen molar-refractivity contribution in [3.05, 3.63) is 64.4 Å². The zero-order valence-corrected chi connectivity index (χ0v) is 13.1. The summed E-state index contributed by atoms with van der Waals surface area (Å²) in [7, 11) is 0. The predicted octanol–water partition coefficient (Wildman–Crippen LogP) is 4.98. The van der Waals surface area contributed by atoms with Gasteiger partial charge in [-0.1, -0.05) is 23.7 Å². The van der Waals surface area contributed by atoms with Crippen molar-refractivity contribution in [2.75, 3.05) is 5.32 Å². The lowest BCUT2D eigenvalue weighted by atomic mass is 10.2. The fourth-order valence-electron chi connectivity index (χ4n) is 1.82. The van der Waals surface area contributed by atoms with E-state index in [1.54, 1.807) is 12.1 Å². The van der Waals surface area contributed by atoms with Gasteiger partial charge < -0.3 is 10.6 Å². The fraction of sp³-hybridized carbons (Fsp3) is 0.133. The first-order valence-electron chi connectivity index (χ1n) is 6.42. The van der Waals surface area contributed by atoms with Gasteiger partial charge in [-0.2, -0.15) is 13.2 Å². The van der Waals surface area contributed by atoms with Crippen LogP contribution in [-0.2, 0) is 12.7 Å². The van der Waals surface area contributed by atoms with Crippen molar-refractivity contribution in [3.63, 3.8) is 0 Å². The minimum Gasteiger partial charge on any atom is -0.358 e. The van der Waals surface area contributed by atoms with Crippen LogP contribution in [0, 0.1) is 5.82 Å². The van der Waals surface area contributed by atoms with Crippen LogP contribution in [0.25, 0.3) is 0 Å². The number of thiocarbonyl (C=S) groups is 1. The van der Waals surface area contributed by atoms with E-state index in [2.05, 4.69) is 10.6 Å². The van der Waals surface area contributed by atoms with Crippen LogP contribution >= 0.6 is 23.8 Å². The SMILES string of the molecule is Fc1cccc(CNC(=S)Nc2ccc(Cl)c(C(F)(F)F)c2)c1. The molecule has 0 unspecified atom stereocenters. The zero-order chi connectivity index (χ0) is 17.0. The quantitative estimate of drug-likeness (QED) is 0.594. The van der Waals surface area contributed by atoms with E-state index in [4.69, 9.17) is 23.8 Å². The summed E-state index contributed by atoms with van der Waals surface area (Å²) in [5.74, 6) is -0.379. The number of benzene rings is 2. The molecule has 23 heavy (non-hydrogen) atoms. The topological polar surface area (TPSA) is 24.1 Å². The smallest absolute Gasteiger partial charge is 0.358 e. The summed E-state index contributed by atoms with van der Waals surface area (Å²) < 4.78 is 51.4. The van der Waals surface area contributed by atoms with Crippen LogP contribution in [0.1, 0.15) is 11.1 Å². The van der Waals surface area contributed by atoms with Gasteiger partial charge in [-0.25, -0.2) is 4.39 Å². The number of hydrogen-bond acceptors (Lipinski definition) is 1. The lowest BCUT2D eigenvalue weighted by molar-refractivity contribution is -0.137. The summed E-state index contributed by atoms with van der Waals surface area (Å²) in [5.41, 5.74) is -0.142. The maximum absolute atomic E-state index is 13.0. The summed E-state index contributed by atoms with van der Waals surface area (Å²) in [6.45, 7) is 0.239. The van der Waals surface area contributed by atoms with E-state index in [0.29, 0.717) is 5.56 Å². The molecule has 0 aliphatic rings. The molecule has 0 radical (unpaired) electrons. The molecule has 2 aromatic carbocycles. The highest BCUT2D eigenvalue weighted by molar-refractivity contribution is 7.80. The maximum atomic E-state index is 13.0. The molecule has 2 aromatic rings. The standard InChI is InChI=1S/C15H11ClF4N2S/c16-13-5-4-11(7-12(13)15(18,19)20)22-14(23)21-8-9-2-1-3-10(17)6-9/h1-7H,8H2,(H2,21,22,23). The van der Waals surface area contributed by atoms with E-state index in [0.717, 1.165) is 12.1 Å². The minimum atomic E-state index is -4.55. The molecule has 0 fully saturated rings. The van der Waals surface area contributed by atoms with Gasteiger partial charge in [-0.3, -0.25) is 0 Å². The molecule has 0 spiro atoms. The molecule has 0 saturated carbocycles. The van der Waals surface area contributed by atoms with E-state index < -0.39 is 11.7 Å². The number of halogens is 5. The Kier molecular flexibility index (Phi) is 5.43. The number of anilines is 1. The van der Waals surface area contributed by atoms with E-state index in [1.807, 2.05) is 0 Å². The third-order valence-corrected chi connectivity index (χ3v) is 3.45. The summed E-state index contributed by atoms with van der Waals surface area (Å²) in [4.78, 5) is 0. The summed E-state index contributed by atoms with van der Waals surface area (Å²) in [5, 5.41) is 5.15. The highest BCUT2D eigenvalue weighted by atomic mass is 35.5. The van der Waals surface area contributed by atoms with Gasteiger partial charge in [0.1, 0.15) is 5.82 Å². The first-order chi connectivity index (χ1) is 10.8. The highest BCUT2D eigenvalue weighted by Crippen LogP contribution is 2.36. The number of nitrogens with one attached hydrogen (secondary N) is 2. The molecule has 8 heteroatoms. The molecule has 0 amide bonds. The van der Waals surface area contributed by atoms with E-state index in [9.17, 15) is 17.6 Å². The Bertz CT molecular complexity index is 719. The van der Waals surface area contributed by atoms with Gasteiger partial charge in [0.15, 0.2) is 5.11 Å². The molecular formula is C15H11ClF4N2S. The van der Waals surface area contributed by atoms with E-state index in [1.165, 1.54) is 18.2 Å². The predicted molar refractivity (Wildman–Crippen MR) is 85.9 cm³/mol. The third kappa shape index (κ3) is 5.07. The molecular weight excluding hydrogens is 352 g/mol. The average Bonchev–Trinajstić information content (AvgIpc) is 2.46. The van der Waals surface area contributed by atoms with Crippen LogP contribution < -0.4 is 10.6 Å². The van der Waals surface area contributed by atoms with Crippen LogP contribution in [0.15, 0.2) is 42.5 Å². The van der Waals surface area contributed by atoms with Crippen molar-refractivity contribution < 1.29 is 17.6 Å². The third-order valence-electron chi connectivity index (χ3n) is 2.87. The summed E-state index contributed by atoms with van der Waals surface area (Å²) in [6.07, 6.45) is -4.55. The van der Waals surface area contributed by atoms with Crippen molar-refractivity contribution in [1.82, 2.24) is 5.32 Å². The molecule has 122 valence electrons. The van der Waals surface area contributed by atoms with Gasteiger partial charge in [0, 0.05) is 12.2 Å². The van der Waals surface area contributed by atoms with Crippen LogP contribution in [0.3, 0.4) is 0 Å². The minimum absolute atomic E-state index is 0.115. The van der Waals surface area contributed by atoms with Crippen LogP contribution in [0.4, 0.5) is 23.2 Å². The van der Waals surface area contributed by atoms with Gasteiger partial charge >= 0.3 is 6.18 Å². The molecule has 2 N–H and O–H groups in total. The Hall–Kier alpha value is -1.86. The van der Waals surface area contributed by atoms with Crippen LogP contribution in [0.2, 0.25) is 5.02 Å². The Labute approximate surface area is 140 Å². The second kappa shape index (κ2) is 7.14. The van der Waals surface area contributed by atoms with Gasteiger partial charge in [-0.15, -0.1) is 0 Å². The van der Waals surface area contributed by atoms with Crippen molar-refractivity contribution in [1.29, 1.82) is 0 Å². The Balaban J connectivity index is 2.00. The van der Waals surface area contributed by atoms with Gasteiger partial charge in [0.2, 0.25) is 0 Å². The van der Waals surface area contributed by atoms with E-state index in [-0.39, 0.29) is 28.2 Å². The zero-order valence-electron chi connectivity index (χ0n) is 11.5. The number of rotatable bonds is 3. The van der Waals surface area contributed by atoms with Crippen LogP contribution in [0.5, 0.6) is 0 Å². The van der Waals surface area contributed by atoms with Crippen molar-refractivity contribution in [2.24, 2.45) is 0 Å². The molecule has 0 saturated heterocycles. The molecule has 2 rings (SSSR count). The highest BCUT2D eigenvalue weighted by Gasteiger charge is 2.33. The van der Waals surface area contributed by atoms with Crippen LogP contribution in [-0.4, -0.2) is 5.11 Å². The number of alkyl halides is 3. The Morgan fingerprint density at radius 1 is 1.13 bits per heavy atom. The molecule has 0 aliphatic heterocycles. The average molecular weight is 363 g/mol. The molecule has 0 atom stereocenters. The molecule has 2 nitrogen and oxygen atoms in total. The van der Waals surface area contributed by atoms with Crippen molar-refractivity contribution in [3.8, 4) is 0 Å². The van der Waals surface area contributed by atoms with Gasteiger partial charge in [-0.05, 0) is 48.1 Å². The van der Waals surface area contributed by atoms with Gasteiger partial charge in [0.25, 0.3) is 0 Å². The lowest BCUT2D eigenvalue weighted by Gasteiger charge is -2.14. The summed E-state index contributed by atoms with van der Waals surface area (Å²) in [6, 6.07) is 9.29. The van der Waals surface area contributed by atoms with Crippen molar-refractivity contribution >= 4 is 34.6 Å². The van der Waals surface area contributed by atoms with Crippen molar-refractivity contribution in [2.45, 2.75) is 12.7 Å². The lowest BCUT2D eigenvalue weighted by Crippen LogP contribution is -2.28. The molecule has 0 aliphatic carbocycles. The molecule has 0 heterocycles. The monoisotopic (exact) mass is 362 g/mol. The largest absolute Gasteiger partial charge is 0.417 e. The van der Waals surface area contributed by atoms with Gasteiger partial charge in [0.05, 0.1) is 10.6 Å². The fourth-order valence-corrected chi connectivity index (χ4v) is 2.24. The van der Waals surface area contributed by atoms with E-state index >= 15 is 0 Å². The Morgan fingerprint density at radius 2 is 1.87 bits per heavy atom. The Morgan fingerprint density at radius 3 is 2.52 bits per heavy atom. The second-order valence-electron chi connectivity index (χ2n) is 4.63. The molecule has 0 bridgehead atoms. The first kappa shape index (κ1) is 17.5. The normalized spacial score (nSPS) is 11.2. The number of hydrogen-bond donors (Lipinski definition) is 2. The first-order valence-corrected chi connectivity index (χ1v) is 7.20. The second-order valence-corrected chi connectivity index (χ2v) is 5.45. The maximum Gasteiger partial charge on any atom is 0.417 e.